The van der Waals surface area contributed by atoms with Crippen molar-refractivity contribution in [3.8, 4) is 11.4 Å². The van der Waals surface area contributed by atoms with Crippen molar-refractivity contribution in [1.29, 1.82) is 0 Å². The first-order chi connectivity index (χ1) is 18.4. The molecular formula is C29H35Cl2N5O2. The number of carbonyl (C=O) groups excluding carboxylic acids is 1. The van der Waals surface area contributed by atoms with Crippen molar-refractivity contribution in [3.63, 3.8) is 0 Å². The lowest BCUT2D eigenvalue weighted by atomic mass is 9.97. The Bertz CT molecular complexity index is 1240. The summed E-state index contributed by atoms with van der Waals surface area (Å²) in [5.74, 6) is 1.82. The molecule has 9 heteroatoms. The van der Waals surface area contributed by atoms with Crippen LogP contribution < -0.4 is 5.32 Å². The molecule has 202 valence electrons. The fourth-order valence-electron chi connectivity index (χ4n) is 5.35. The highest BCUT2D eigenvalue weighted by atomic mass is 35.5. The van der Waals surface area contributed by atoms with E-state index < -0.39 is 0 Å². The van der Waals surface area contributed by atoms with Crippen LogP contribution in [-0.4, -0.2) is 52.0 Å². The van der Waals surface area contributed by atoms with E-state index in [0.717, 1.165) is 37.4 Å². The van der Waals surface area contributed by atoms with Gasteiger partial charge in [-0.15, -0.1) is 0 Å². The number of piperidine rings is 2. The van der Waals surface area contributed by atoms with Crippen LogP contribution in [0.4, 0.5) is 0 Å². The van der Waals surface area contributed by atoms with Crippen molar-refractivity contribution >= 4 is 29.1 Å². The van der Waals surface area contributed by atoms with Crippen LogP contribution in [0.1, 0.15) is 49.6 Å². The van der Waals surface area contributed by atoms with E-state index in [0.29, 0.717) is 47.0 Å². The number of likely N-dealkylation sites (tertiary alicyclic amines) is 2. The predicted octanol–water partition coefficient (Wildman–Crippen LogP) is 5.80. The smallest absolute Gasteiger partial charge is 0.241 e. The molecule has 2 aliphatic heterocycles. The molecule has 38 heavy (non-hydrogen) atoms. The van der Waals surface area contributed by atoms with Gasteiger partial charge >= 0.3 is 0 Å². The quantitative estimate of drug-likeness (QED) is 0.378. The Morgan fingerprint density at radius 3 is 2.66 bits per heavy atom. The van der Waals surface area contributed by atoms with Crippen LogP contribution in [-0.2, 0) is 24.4 Å². The van der Waals surface area contributed by atoms with Gasteiger partial charge in [-0.1, -0.05) is 59.5 Å². The molecular weight excluding hydrogens is 521 g/mol. The van der Waals surface area contributed by atoms with Gasteiger partial charge in [-0.3, -0.25) is 14.6 Å². The molecule has 0 saturated carbocycles. The van der Waals surface area contributed by atoms with Crippen LogP contribution >= 0.6 is 23.2 Å². The maximum absolute atomic E-state index is 13.0. The largest absolute Gasteiger partial charge is 0.352 e. The number of amides is 1. The Hall–Kier alpha value is -2.45. The molecule has 0 spiro atoms. The van der Waals surface area contributed by atoms with Crippen molar-refractivity contribution in [2.75, 3.05) is 26.2 Å². The number of nitrogens with one attached hydrogen (secondary N) is 1. The van der Waals surface area contributed by atoms with Crippen molar-refractivity contribution in [2.24, 2.45) is 11.8 Å². The fourth-order valence-corrected chi connectivity index (χ4v) is 5.85. The molecule has 3 heterocycles. The lowest BCUT2D eigenvalue weighted by molar-refractivity contribution is -0.127. The first-order valence-corrected chi connectivity index (χ1v) is 14.3. The first-order valence-electron chi connectivity index (χ1n) is 13.5. The molecule has 3 aromatic rings. The van der Waals surface area contributed by atoms with E-state index in [2.05, 4.69) is 56.4 Å². The van der Waals surface area contributed by atoms with Gasteiger partial charge in [0.2, 0.25) is 17.6 Å². The summed E-state index contributed by atoms with van der Waals surface area (Å²) in [5.41, 5.74) is 3.14. The van der Waals surface area contributed by atoms with Gasteiger partial charge in [-0.2, -0.15) is 4.98 Å². The zero-order chi connectivity index (χ0) is 26.5. The first kappa shape index (κ1) is 27.1. The number of hydrogen-bond donors (Lipinski definition) is 1. The third-order valence-corrected chi connectivity index (χ3v) is 8.16. The average Bonchev–Trinajstić information content (AvgIpc) is 3.37. The molecule has 2 aromatic carbocycles. The summed E-state index contributed by atoms with van der Waals surface area (Å²) < 4.78 is 5.48. The van der Waals surface area contributed by atoms with E-state index in [1.54, 1.807) is 18.2 Å². The Balaban J connectivity index is 1.11. The highest BCUT2D eigenvalue weighted by Crippen LogP contribution is 2.29. The van der Waals surface area contributed by atoms with Gasteiger partial charge in [0.15, 0.2) is 0 Å². The minimum Gasteiger partial charge on any atom is -0.352 e. The summed E-state index contributed by atoms with van der Waals surface area (Å²) in [4.78, 5) is 22.3. The molecule has 1 unspecified atom stereocenters. The maximum atomic E-state index is 13.0. The van der Waals surface area contributed by atoms with Crippen LogP contribution in [0.15, 0.2) is 47.0 Å². The summed E-state index contributed by atoms with van der Waals surface area (Å²) in [6.45, 7) is 8.26. The summed E-state index contributed by atoms with van der Waals surface area (Å²) >= 11 is 12.3. The zero-order valence-corrected chi connectivity index (χ0v) is 23.3. The molecule has 1 N–H and O–H groups in total. The summed E-state index contributed by atoms with van der Waals surface area (Å²) in [6, 6.07) is 13.8. The monoisotopic (exact) mass is 555 g/mol. The molecule has 1 aromatic heterocycles. The molecule has 0 bridgehead atoms. The van der Waals surface area contributed by atoms with Crippen LogP contribution in [0.3, 0.4) is 0 Å². The molecule has 2 fully saturated rings. The standard InChI is InChI=1S/C29H35Cl2N5O2/c1-20-9-12-35(13-10-20)17-22-5-2-4-21(14-22)16-32-29(37)23-6-3-11-36(18-23)19-27-33-28(34-38-27)25-8-7-24(30)15-26(25)31/h2,4-5,7-8,14-15,20,23H,3,6,9-13,16-19H2,1H3,(H,32,37). The molecule has 0 radical (unpaired) electrons. The van der Waals surface area contributed by atoms with Crippen molar-refractivity contribution in [3.05, 3.63) is 69.5 Å². The average molecular weight is 557 g/mol. The SMILES string of the molecule is CC1CCN(Cc2cccc(CNC(=O)C3CCCN(Cc4nc(-c5ccc(Cl)cc5Cl)no4)C3)c2)CC1. The number of hydrogen-bond acceptors (Lipinski definition) is 6. The highest BCUT2D eigenvalue weighted by molar-refractivity contribution is 6.36. The van der Waals surface area contributed by atoms with Gasteiger partial charge in [0.05, 0.1) is 17.5 Å². The fraction of sp³-hybridized carbons (Fsp3) is 0.483. The van der Waals surface area contributed by atoms with E-state index in [9.17, 15) is 4.79 Å². The minimum atomic E-state index is -0.0598. The maximum Gasteiger partial charge on any atom is 0.241 e. The van der Waals surface area contributed by atoms with E-state index >= 15 is 0 Å². The minimum absolute atomic E-state index is 0.0598. The summed E-state index contributed by atoms with van der Waals surface area (Å²) in [6.07, 6.45) is 4.38. The van der Waals surface area contributed by atoms with E-state index in [-0.39, 0.29) is 11.8 Å². The molecule has 2 saturated heterocycles. The third-order valence-electron chi connectivity index (χ3n) is 7.62. The molecule has 2 aliphatic rings. The van der Waals surface area contributed by atoms with Gasteiger partial charge in [-0.05, 0) is 80.6 Å². The normalized spacial score (nSPS) is 19.5. The van der Waals surface area contributed by atoms with Gasteiger partial charge in [0.25, 0.3) is 0 Å². The second kappa shape index (κ2) is 12.6. The number of rotatable bonds is 8. The highest BCUT2D eigenvalue weighted by Gasteiger charge is 2.27. The molecule has 7 nitrogen and oxygen atoms in total. The number of halogens is 2. The van der Waals surface area contributed by atoms with Crippen LogP contribution in [0.5, 0.6) is 0 Å². The van der Waals surface area contributed by atoms with Crippen molar-refractivity contribution in [2.45, 2.75) is 52.2 Å². The number of carbonyl (C=O) groups is 1. The lowest BCUT2D eigenvalue weighted by Gasteiger charge is -2.31. The van der Waals surface area contributed by atoms with E-state index in [1.807, 2.05) is 0 Å². The number of nitrogens with zero attached hydrogens (tertiary/aromatic N) is 4. The Morgan fingerprint density at radius 1 is 1.03 bits per heavy atom. The predicted molar refractivity (Wildman–Crippen MR) is 150 cm³/mol. The third kappa shape index (κ3) is 7.14. The molecule has 1 amide bonds. The van der Waals surface area contributed by atoms with Crippen LogP contribution in [0.2, 0.25) is 10.0 Å². The summed E-state index contributed by atoms with van der Waals surface area (Å²) in [7, 11) is 0. The Morgan fingerprint density at radius 2 is 1.84 bits per heavy atom. The lowest BCUT2D eigenvalue weighted by Crippen LogP contribution is -2.42. The van der Waals surface area contributed by atoms with Gasteiger partial charge in [0, 0.05) is 30.2 Å². The van der Waals surface area contributed by atoms with E-state index in [4.69, 9.17) is 27.7 Å². The number of benzene rings is 2. The van der Waals surface area contributed by atoms with Crippen LogP contribution in [0.25, 0.3) is 11.4 Å². The Labute approximate surface area is 234 Å². The molecule has 0 aliphatic carbocycles. The topological polar surface area (TPSA) is 74.5 Å². The van der Waals surface area contributed by atoms with Crippen molar-refractivity contribution in [1.82, 2.24) is 25.3 Å². The number of aromatic nitrogens is 2. The van der Waals surface area contributed by atoms with Gasteiger partial charge in [-0.25, -0.2) is 0 Å². The van der Waals surface area contributed by atoms with E-state index in [1.165, 1.54) is 31.5 Å². The summed E-state index contributed by atoms with van der Waals surface area (Å²) in [5, 5.41) is 8.29. The Kier molecular flexibility index (Phi) is 9.00. The van der Waals surface area contributed by atoms with Crippen molar-refractivity contribution < 1.29 is 9.32 Å². The molecule has 1 atom stereocenters. The molecule has 5 rings (SSSR count). The van der Waals surface area contributed by atoms with Crippen LogP contribution in [0, 0.1) is 11.8 Å². The van der Waals surface area contributed by atoms with Gasteiger partial charge in [0.1, 0.15) is 0 Å². The zero-order valence-electron chi connectivity index (χ0n) is 21.8. The second-order valence-corrected chi connectivity index (χ2v) is 11.6. The second-order valence-electron chi connectivity index (χ2n) is 10.7. The van der Waals surface area contributed by atoms with Gasteiger partial charge < -0.3 is 9.84 Å².